The zero-order chi connectivity index (χ0) is 11.6. The second-order valence-corrected chi connectivity index (χ2v) is 5.26. The smallest absolute Gasteiger partial charge is 0.0644 e. The fourth-order valence-electron chi connectivity index (χ4n) is 2.14. The molecular weight excluding hydrogens is 198 g/mol. The maximum Gasteiger partial charge on any atom is 0.0644 e. The summed E-state index contributed by atoms with van der Waals surface area (Å²) in [6.45, 7) is 7.07. The topological polar surface area (TPSA) is 23.5 Å². The molecule has 0 saturated carbocycles. The van der Waals surface area contributed by atoms with Crippen molar-refractivity contribution in [3.05, 3.63) is 35.4 Å². The van der Waals surface area contributed by atoms with Gasteiger partial charge in [0, 0.05) is 19.6 Å². The second-order valence-electron chi connectivity index (χ2n) is 5.26. The molecule has 1 N–H and O–H groups in total. The van der Waals surface area contributed by atoms with Gasteiger partial charge in [-0.2, -0.15) is 0 Å². The molecule has 1 aliphatic rings. The van der Waals surface area contributed by atoms with Crippen LogP contribution < -0.4 is 0 Å². The van der Waals surface area contributed by atoms with Gasteiger partial charge in [0.15, 0.2) is 0 Å². The zero-order valence-corrected chi connectivity index (χ0v) is 10.2. The first kappa shape index (κ1) is 11.6. The van der Waals surface area contributed by atoms with Gasteiger partial charge in [0.05, 0.1) is 5.60 Å². The van der Waals surface area contributed by atoms with Crippen LogP contribution in [0.15, 0.2) is 24.3 Å². The molecule has 0 unspecified atom stereocenters. The van der Waals surface area contributed by atoms with Crippen molar-refractivity contribution in [2.75, 3.05) is 13.1 Å². The van der Waals surface area contributed by atoms with Crippen LogP contribution in [0.4, 0.5) is 0 Å². The molecule has 1 aromatic carbocycles. The minimum Gasteiger partial charge on any atom is -0.390 e. The third-order valence-corrected chi connectivity index (χ3v) is 3.46. The van der Waals surface area contributed by atoms with Crippen molar-refractivity contribution in [3.63, 3.8) is 0 Å². The van der Waals surface area contributed by atoms with E-state index in [2.05, 4.69) is 36.1 Å². The number of hydrogen-bond acceptors (Lipinski definition) is 2. The summed E-state index contributed by atoms with van der Waals surface area (Å²) in [7, 11) is 0. The van der Waals surface area contributed by atoms with Gasteiger partial charge in [-0.15, -0.1) is 0 Å². The fraction of sp³-hybridized carbons (Fsp3) is 0.571. The van der Waals surface area contributed by atoms with Gasteiger partial charge in [-0.05, 0) is 32.3 Å². The van der Waals surface area contributed by atoms with E-state index < -0.39 is 5.60 Å². The highest BCUT2D eigenvalue weighted by molar-refractivity contribution is 5.21. The first-order chi connectivity index (χ1) is 7.55. The van der Waals surface area contributed by atoms with Gasteiger partial charge in [-0.3, -0.25) is 4.90 Å². The van der Waals surface area contributed by atoms with E-state index in [-0.39, 0.29) is 0 Å². The third kappa shape index (κ3) is 3.06. The van der Waals surface area contributed by atoms with Crippen LogP contribution in [-0.4, -0.2) is 28.7 Å². The number of aryl methyl sites for hydroxylation is 1. The van der Waals surface area contributed by atoms with Crippen molar-refractivity contribution < 1.29 is 5.11 Å². The van der Waals surface area contributed by atoms with Crippen LogP contribution in [0.2, 0.25) is 0 Å². The Morgan fingerprint density at radius 3 is 2.31 bits per heavy atom. The Morgan fingerprint density at radius 2 is 1.75 bits per heavy atom. The number of hydrogen-bond donors (Lipinski definition) is 1. The van der Waals surface area contributed by atoms with Gasteiger partial charge in [0.25, 0.3) is 0 Å². The quantitative estimate of drug-likeness (QED) is 0.825. The van der Waals surface area contributed by atoms with Gasteiger partial charge < -0.3 is 5.11 Å². The Balaban J connectivity index is 1.89. The van der Waals surface area contributed by atoms with Crippen LogP contribution in [0.1, 0.15) is 30.9 Å². The molecule has 0 aliphatic carbocycles. The van der Waals surface area contributed by atoms with E-state index >= 15 is 0 Å². The maximum absolute atomic E-state index is 9.87. The summed E-state index contributed by atoms with van der Waals surface area (Å²) in [6, 6.07) is 8.72. The highest BCUT2D eigenvalue weighted by Gasteiger charge is 2.26. The normalized spacial score (nSPS) is 20.9. The highest BCUT2D eigenvalue weighted by atomic mass is 16.3. The first-order valence-electron chi connectivity index (χ1n) is 6.05. The second kappa shape index (κ2) is 4.56. The van der Waals surface area contributed by atoms with Crippen LogP contribution in [0.5, 0.6) is 0 Å². The molecule has 0 spiro atoms. The number of benzene rings is 1. The van der Waals surface area contributed by atoms with Crippen LogP contribution in [0.3, 0.4) is 0 Å². The number of aliphatic hydroxyl groups is 1. The molecule has 2 rings (SSSR count). The van der Waals surface area contributed by atoms with Crippen molar-refractivity contribution >= 4 is 0 Å². The SMILES string of the molecule is Cc1ccc(CN2CCC(C)(O)CC2)cc1. The lowest BCUT2D eigenvalue weighted by Crippen LogP contribution is -2.41. The molecule has 1 fully saturated rings. The fourth-order valence-corrected chi connectivity index (χ4v) is 2.14. The summed E-state index contributed by atoms with van der Waals surface area (Å²) in [5, 5.41) is 9.87. The van der Waals surface area contributed by atoms with E-state index in [4.69, 9.17) is 0 Å². The average Bonchev–Trinajstić information content (AvgIpc) is 2.24. The Labute approximate surface area is 97.9 Å². The van der Waals surface area contributed by atoms with Gasteiger partial charge in [0.1, 0.15) is 0 Å². The predicted molar refractivity (Wildman–Crippen MR) is 66.3 cm³/mol. The summed E-state index contributed by atoms with van der Waals surface area (Å²) in [6.07, 6.45) is 1.78. The summed E-state index contributed by atoms with van der Waals surface area (Å²) < 4.78 is 0. The van der Waals surface area contributed by atoms with E-state index in [1.54, 1.807) is 0 Å². The Hall–Kier alpha value is -0.860. The molecule has 1 aliphatic heterocycles. The molecule has 2 heteroatoms. The Morgan fingerprint density at radius 1 is 1.19 bits per heavy atom. The predicted octanol–water partition coefficient (Wildman–Crippen LogP) is 2.34. The van der Waals surface area contributed by atoms with E-state index in [1.165, 1.54) is 11.1 Å². The highest BCUT2D eigenvalue weighted by Crippen LogP contribution is 2.22. The van der Waals surface area contributed by atoms with E-state index in [0.717, 1.165) is 32.5 Å². The lowest BCUT2D eigenvalue weighted by Gasteiger charge is -2.35. The van der Waals surface area contributed by atoms with Gasteiger partial charge in [0.2, 0.25) is 0 Å². The molecule has 0 amide bonds. The maximum atomic E-state index is 9.87. The molecule has 1 saturated heterocycles. The minimum atomic E-state index is -0.441. The van der Waals surface area contributed by atoms with Gasteiger partial charge >= 0.3 is 0 Å². The number of likely N-dealkylation sites (tertiary alicyclic amines) is 1. The van der Waals surface area contributed by atoms with Crippen molar-refractivity contribution in [3.8, 4) is 0 Å². The summed E-state index contributed by atoms with van der Waals surface area (Å²) in [4.78, 5) is 2.42. The Bertz CT molecular complexity index is 332. The summed E-state index contributed by atoms with van der Waals surface area (Å²) in [5.41, 5.74) is 2.24. The molecule has 2 nitrogen and oxygen atoms in total. The molecule has 1 aromatic rings. The van der Waals surface area contributed by atoms with E-state index in [0.29, 0.717) is 0 Å². The van der Waals surface area contributed by atoms with Gasteiger partial charge in [-0.25, -0.2) is 0 Å². The molecule has 0 bridgehead atoms. The molecule has 0 atom stereocenters. The number of piperidine rings is 1. The van der Waals surface area contributed by atoms with E-state index in [9.17, 15) is 5.11 Å². The first-order valence-corrected chi connectivity index (χ1v) is 6.05. The van der Waals surface area contributed by atoms with Crippen LogP contribution in [0.25, 0.3) is 0 Å². The van der Waals surface area contributed by atoms with Crippen molar-refractivity contribution in [1.82, 2.24) is 4.90 Å². The van der Waals surface area contributed by atoms with Crippen LogP contribution >= 0.6 is 0 Å². The van der Waals surface area contributed by atoms with Crippen LogP contribution in [-0.2, 0) is 6.54 Å². The molecule has 88 valence electrons. The summed E-state index contributed by atoms with van der Waals surface area (Å²) >= 11 is 0. The monoisotopic (exact) mass is 219 g/mol. The minimum absolute atomic E-state index is 0.441. The standard InChI is InChI=1S/C14H21NO/c1-12-3-5-13(6-4-12)11-15-9-7-14(2,16)8-10-15/h3-6,16H,7-11H2,1-2H3. The molecule has 1 heterocycles. The molecular formula is C14H21NO. The van der Waals surface area contributed by atoms with Gasteiger partial charge in [-0.1, -0.05) is 29.8 Å². The number of rotatable bonds is 2. The van der Waals surface area contributed by atoms with E-state index in [1.807, 2.05) is 6.92 Å². The molecule has 16 heavy (non-hydrogen) atoms. The van der Waals surface area contributed by atoms with Crippen LogP contribution in [0, 0.1) is 6.92 Å². The average molecular weight is 219 g/mol. The lowest BCUT2D eigenvalue weighted by atomic mass is 9.93. The van der Waals surface area contributed by atoms with Crippen molar-refractivity contribution in [2.24, 2.45) is 0 Å². The zero-order valence-electron chi connectivity index (χ0n) is 10.2. The van der Waals surface area contributed by atoms with Crippen molar-refractivity contribution in [2.45, 2.75) is 38.8 Å². The Kier molecular flexibility index (Phi) is 3.31. The lowest BCUT2D eigenvalue weighted by molar-refractivity contribution is -0.00729. The van der Waals surface area contributed by atoms with Crippen molar-refractivity contribution in [1.29, 1.82) is 0 Å². The number of nitrogens with zero attached hydrogens (tertiary/aromatic N) is 1. The largest absolute Gasteiger partial charge is 0.390 e. The molecule has 0 aromatic heterocycles. The third-order valence-electron chi connectivity index (χ3n) is 3.46. The molecule has 0 radical (unpaired) electrons. The summed E-state index contributed by atoms with van der Waals surface area (Å²) in [5.74, 6) is 0.